The van der Waals surface area contributed by atoms with Gasteiger partial charge in [-0.2, -0.15) is 0 Å². The third kappa shape index (κ3) is 3.50. The first-order chi connectivity index (χ1) is 15.6. The monoisotopic (exact) mass is 423 g/mol. The number of pyridine rings is 1. The fourth-order valence-electron chi connectivity index (χ4n) is 4.22. The molecule has 0 unspecified atom stereocenters. The number of carboxylic acid groups (broad SMARTS) is 1. The summed E-state index contributed by atoms with van der Waals surface area (Å²) in [5, 5.41) is 21.5. The van der Waals surface area contributed by atoms with Crippen LogP contribution in [-0.2, 0) is 11.2 Å². The van der Waals surface area contributed by atoms with Crippen LogP contribution in [0.3, 0.4) is 0 Å². The first-order valence-corrected chi connectivity index (χ1v) is 10.4. The largest absolute Gasteiger partial charge is 0.479 e. The van der Waals surface area contributed by atoms with Gasteiger partial charge in [0.1, 0.15) is 5.82 Å². The summed E-state index contributed by atoms with van der Waals surface area (Å²) >= 11 is 0. The lowest BCUT2D eigenvalue weighted by atomic mass is 9.99. The van der Waals surface area contributed by atoms with E-state index in [0.29, 0.717) is 12.2 Å². The van der Waals surface area contributed by atoms with E-state index in [9.17, 15) is 15.0 Å². The SMILES string of the molecule is O=C(O)[C@@H](O)[C@@H](Cc1ccccc1)n1c(-c2cccc3cccnc23)nc2ccccc21. The fourth-order valence-corrected chi connectivity index (χ4v) is 4.22. The van der Waals surface area contributed by atoms with Gasteiger partial charge in [-0.15, -0.1) is 0 Å². The zero-order valence-corrected chi connectivity index (χ0v) is 17.2. The number of hydrogen-bond acceptors (Lipinski definition) is 4. The molecule has 6 heteroatoms. The van der Waals surface area contributed by atoms with E-state index in [1.807, 2.05) is 89.5 Å². The van der Waals surface area contributed by atoms with Gasteiger partial charge in [0, 0.05) is 17.1 Å². The maximum atomic E-state index is 11.9. The van der Waals surface area contributed by atoms with Crippen molar-refractivity contribution in [1.29, 1.82) is 0 Å². The van der Waals surface area contributed by atoms with E-state index < -0.39 is 18.1 Å². The topological polar surface area (TPSA) is 88.2 Å². The molecule has 0 saturated carbocycles. The number of imidazole rings is 1. The number of aliphatic carboxylic acids is 1. The Labute approximate surface area is 184 Å². The molecule has 6 nitrogen and oxygen atoms in total. The van der Waals surface area contributed by atoms with Crippen molar-refractivity contribution in [2.24, 2.45) is 0 Å². The Hall–Kier alpha value is -4.03. The minimum absolute atomic E-state index is 0.333. The average Bonchev–Trinajstić information content (AvgIpc) is 3.21. The molecule has 5 aromatic rings. The van der Waals surface area contributed by atoms with Gasteiger partial charge in [-0.3, -0.25) is 4.98 Å². The summed E-state index contributed by atoms with van der Waals surface area (Å²) < 4.78 is 1.85. The fraction of sp³-hybridized carbons (Fsp3) is 0.115. The Morgan fingerprint density at radius 3 is 2.47 bits per heavy atom. The lowest BCUT2D eigenvalue weighted by Gasteiger charge is -2.25. The van der Waals surface area contributed by atoms with Crippen LogP contribution in [0.2, 0.25) is 0 Å². The third-order valence-electron chi connectivity index (χ3n) is 5.71. The van der Waals surface area contributed by atoms with E-state index in [-0.39, 0.29) is 0 Å². The number of nitrogens with zero attached hydrogens (tertiary/aromatic N) is 3. The van der Waals surface area contributed by atoms with Crippen molar-refractivity contribution < 1.29 is 15.0 Å². The summed E-state index contributed by atoms with van der Waals surface area (Å²) in [4.78, 5) is 21.3. The van der Waals surface area contributed by atoms with Crippen LogP contribution < -0.4 is 0 Å². The van der Waals surface area contributed by atoms with E-state index in [0.717, 1.165) is 33.1 Å². The van der Waals surface area contributed by atoms with Gasteiger partial charge in [0.05, 0.1) is 22.6 Å². The molecule has 0 saturated heterocycles. The molecule has 0 spiro atoms. The Morgan fingerprint density at radius 1 is 0.906 bits per heavy atom. The summed E-state index contributed by atoms with van der Waals surface area (Å²) in [5.41, 5.74) is 3.98. The second kappa shape index (κ2) is 8.24. The molecule has 0 aliphatic rings. The molecule has 2 heterocycles. The highest BCUT2D eigenvalue weighted by atomic mass is 16.4. The number of rotatable bonds is 6. The summed E-state index contributed by atoms with van der Waals surface area (Å²) in [6, 6.07) is 26.1. The molecule has 158 valence electrons. The summed E-state index contributed by atoms with van der Waals surface area (Å²) in [5.74, 6) is -0.692. The van der Waals surface area contributed by atoms with Crippen LogP contribution in [-0.4, -0.2) is 36.8 Å². The molecule has 0 fully saturated rings. The molecule has 0 amide bonds. The van der Waals surface area contributed by atoms with Gasteiger partial charge in [0.25, 0.3) is 0 Å². The molecule has 0 aliphatic carbocycles. The van der Waals surface area contributed by atoms with Crippen molar-refractivity contribution in [2.75, 3.05) is 0 Å². The van der Waals surface area contributed by atoms with Gasteiger partial charge in [-0.05, 0) is 36.2 Å². The second-order valence-electron chi connectivity index (χ2n) is 7.71. The number of carboxylic acids is 1. The van der Waals surface area contributed by atoms with Crippen molar-refractivity contribution in [3.05, 3.63) is 96.7 Å². The quantitative estimate of drug-likeness (QED) is 0.420. The molecule has 3 aromatic carbocycles. The van der Waals surface area contributed by atoms with Crippen LogP contribution in [0, 0.1) is 0 Å². The smallest absolute Gasteiger partial charge is 0.334 e. The van der Waals surface area contributed by atoms with Crippen molar-refractivity contribution >= 4 is 27.9 Å². The Balaban J connectivity index is 1.78. The highest BCUT2D eigenvalue weighted by Gasteiger charge is 2.31. The van der Waals surface area contributed by atoms with E-state index in [1.54, 1.807) is 6.20 Å². The minimum Gasteiger partial charge on any atom is -0.479 e. The van der Waals surface area contributed by atoms with Crippen molar-refractivity contribution in [3.63, 3.8) is 0 Å². The van der Waals surface area contributed by atoms with Crippen molar-refractivity contribution in [1.82, 2.24) is 14.5 Å². The molecular weight excluding hydrogens is 402 g/mol. The first kappa shape index (κ1) is 19.9. The van der Waals surface area contributed by atoms with Crippen LogP contribution in [0.15, 0.2) is 91.1 Å². The number of aliphatic hydroxyl groups is 1. The highest BCUT2D eigenvalue weighted by Crippen LogP contribution is 2.34. The Kier molecular flexibility index (Phi) is 5.13. The third-order valence-corrected chi connectivity index (χ3v) is 5.71. The van der Waals surface area contributed by atoms with Crippen LogP contribution in [0.5, 0.6) is 0 Å². The number of carbonyl (C=O) groups is 1. The maximum absolute atomic E-state index is 11.9. The van der Waals surface area contributed by atoms with Gasteiger partial charge in [0.15, 0.2) is 6.10 Å². The molecule has 32 heavy (non-hydrogen) atoms. The maximum Gasteiger partial charge on any atom is 0.334 e. The van der Waals surface area contributed by atoms with E-state index in [4.69, 9.17) is 4.98 Å². The average molecular weight is 423 g/mol. The Bertz CT molecular complexity index is 1410. The first-order valence-electron chi connectivity index (χ1n) is 10.4. The van der Waals surface area contributed by atoms with Crippen molar-refractivity contribution in [3.8, 4) is 11.4 Å². The van der Waals surface area contributed by atoms with Gasteiger partial charge >= 0.3 is 5.97 Å². The van der Waals surface area contributed by atoms with Crippen LogP contribution in [0.4, 0.5) is 0 Å². The number of aromatic nitrogens is 3. The number of benzene rings is 3. The predicted octanol–water partition coefficient (Wildman–Crippen LogP) is 4.48. The van der Waals surface area contributed by atoms with Crippen molar-refractivity contribution in [2.45, 2.75) is 18.6 Å². The lowest BCUT2D eigenvalue weighted by Crippen LogP contribution is -2.33. The highest BCUT2D eigenvalue weighted by molar-refractivity contribution is 5.94. The standard InChI is InChI=1S/C26H21N3O3/c30-24(26(31)32)22(16-17-8-2-1-3-9-17)29-21-14-5-4-13-20(21)28-25(29)19-12-6-10-18-11-7-15-27-23(18)19/h1-15,22,24,30H,16H2,(H,31,32)/t22-,24+/m1/s1. The van der Waals surface area contributed by atoms with Crippen LogP contribution in [0.1, 0.15) is 11.6 Å². The molecular formula is C26H21N3O3. The van der Waals surface area contributed by atoms with Gasteiger partial charge < -0.3 is 14.8 Å². The van der Waals surface area contributed by atoms with E-state index in [1.165, 1.54) is 0 Å². The zero-order valence-electron chi connectivity index (χ0n) is 17.2. The zero-order chi connectivity index (χ0) is 22.1. The Morgan fingerprint density at radius 2 is 1.66 bits per heavy atom. The van der Waals surface area contributed by atoms with Crippen LogP contribution >= 0.6 is 0 Å². The normalized spacial score (nSPS) is 13.3. The predicted molar refractivity (Wildman–Crippen MR) is 123 cm³/mol. The molecule has 5 rings (SSSR count). The van der Waals surface area contributed by atoms with E-state index in [2.05, 4.69) is 4.98 Å². The minimum atomic E-state index is -1.62. The molecule has 0 bridgehead atoms. The number of para-hydroxylation sites is 3. The summed E-state index contributed by atoms with van der Waals surface area (Å²) in [6.07, 6.45) is 0.446. The number of hydrogen-bond donors (Lipinski definition) is 2. The van der Waals surface area contributed by atoms with Gasteiger partial charge in [0.2, 0.25) is 0 Å². The second-order valence-corrected chi connectivity index (χ2v) is 7.71. The molecule has 0 radical (unpaired) electrons. The van der Waals surface area contributed by atoms with Gasteiger partial charge in [-0.1, -0.05) is 60.7 Å². The lowest BCUT2D eigenvalue weighted by molar-refractivity contribution is -0.149. The summed E-state index contributed by atoms with van der Waals surface area (Å²) in [6.45, 7) is 0. The molecule has 2 atom stereocenters. The number of fused-ring (bicyclic) bond motifs is 2. The van der Waals surface area contributed by atoms with Gasteiger partial charge in [-0.25, -0.2) is 9.78 Å². The number of aliphatic hydroxyl groups excluding tert-OH is 1. The van der Waals surface area contributed by atoms with E-state index >= 15 is 0 Å². The van der Waals surface area contributed by atoms with Crippen LogP contribution in [0.25, 0.3) is 33.3 Å². The summed E-state index contributed by atoms with van der Waals surface area (Å²) in [7, 11) is 0. The molecule has 0 aliphatic heterocycles. The molecule has 2 aromatic heterocycles. The molecule has 2 N–H and O–H groups in total.